The van der Waals surface area contributed by atoms with Gasteiger partial charge in [-0.3, -0.25) is 4.79 Å². The molecule has 1 saturated heterocycles. The van der Waals surface area contributed by atoms with E-state index in [-0.39, 0.29) is 24.4 Å². The molecule has 7 nitrogen and oxygen atoms in total. The smallest absolute Gasteiger partial charge is 0.276 e. The number of carbonyl (C=O) groups excluding carboxylic acids is 1. The summed E-state index contributed by atoms with van der Waals surface area (Å²) in [6.07, 6.45) is 7.01. The Kier molecular flexibility index (Phi) is 10.4. The van der Waals surface area contributed by atoms with E-state index in [1.54, 1.807) is 18.0 Å². The van der Waals surface area contributed by atoms with Gasteiger partial charge < -0.3 is 15.0 Å². The molecule has 0 spiro atoms. The van der Waals surface area contributed by atoms with Crippen LogP contribution < -0.4 is 5.32 Å². The number of benzene rings is 1. The number of aromatic nitrogens is 3. The van der Waals surface area contributed by atoms with Crippen LogP contribution in [0.3, 0.4) is 0 Å². The second kappa shape index (κ2) is 12.8. The number of aryl methyl sites for hydroxylation is 1. The molecule has 0 bridgehead atoms. The Morgan fingerprint density at radius 3 is 2.90 bits per heavy atom. The molecule has 31 heavy (non-hydrogen) atoms. The van der Waals surface area contributed by atoms with Crippen LogP contribution in [0.1, 0.15) is 55.6 Å². The number of ether oxygens (including phenoxy) is 1. The van der Waals surface area contributed by atoms with Gasteiger partial charge in [-0.1, -0.05) is 31.2 Å². The molecule has 2 heterocycles. The Morgan fingerprint density at radius 2 is 2.19 bits per heavy atom. The van der Waals surface area contributed by atoms with Crippen LogP contribution >= 0.6 is 12.4 Å². The van der Waals surface area contributed by atoms with E-state index in [0.717, 1.165) is 64.0 Å². The average Bonchev–Trinajstić information content (AvgIpc) is 3.26. The number of hydrogen-bond acceptors (Lipinski definition) is 5. The fraction of sp³-hybridized carbons (Fsp3) is 0.609. The van der Waals surface area contributed by atoms with Crippen LogP contribution in [0.2, 0.25) is 0 Å². The maximum absolute atomic E-state index is 13.3. The number of nitrogens with one attached hydrogen (secondary N) is 1. The maximum atomic E-state index is 13.3. The molecule has 0 saturated carbocycles. The molecule has 1 N–H and O–H groups in total. The number of amides is 1. The third kappa shape index (κ3) is 7.30. The highest BCUT2D eigenvalue weighted by molar-refractivity contribution is 5.92. The van der Waals surface area contributed by atoms with E-state index in [9.17, 15) is 4.79 Å². The molecule has 2 aromatic rings. The van der Waals surface area contributed by atoms with Gasteiger partial charge in [-0.05, 0) is 62.3 Å². The van der Waals surface area contributed by atoms with E-state index in [1.165, 1.54) is 5.56 Å². The molecule has 172 valence electrons. The number of rotatable bonds is 10. The van der Waals surface area contributed by atoms with Crippen molar-refractivity contribution in [3.8, 4) is 5.69 Å². The van der Waals surface area contributed by atoms with E-state index in [4.69, 9.17) is 4.74 Å². The average molecular weight is 450 g/mol. The summed E-state index contributed by atoms with van der Waals surface area (Å²) in [5.41, 5.74) is 2.59. The van der Waals surface area contributed by atoms with Crippen molar-refractivity contribution in [2.45, 2.75) is 52.0 Å². The minimum absolute atomic E-state index is 0. The number of methoxy groups -OCH3 is 1. The Labute approximate surface area is 191 Å². The van der Waals surface area contributed by atoms with Crippen LogP contribution in [0, 0.1) is 5.92 Å². The fourth-order valence-electron chi connectivity index (χ4n) is 3.96. The predicted molar refractivity (Wildman–Crippen MR) is 125 cm³/mol. The Morgan fingerprint density at radius 1 is 1.35 bits per heavy atom. The maximum Gasteiger partial charge on any atom is 0.276 e. The molecular weight excluding hydrogens is 414 g/mol. The van der Waals surface area contributed by atoms with Crippen LogP contribution in [0.15, 0.2) is 30.5 Å². The van der Waals surface area contributed by atoms with Crippen molar-refractivity contribution in [2.75, 3.05) is 33.4 Å². The first kappa shape index (κ1) is 25.3. The fourth-order valence-corrected chi connectivity index (χ4v) is 3.96. The Hall–Kier alpha value is -1.96. The van der Waals surface area contributed by atoms with Crippen molar-refractivity contribution >= 4 is 18.3 Å². The summed E-state index contributed by atoms with van der Waals surface area (Å²) in [7, 11) is 1.73. The lowest BCUT2D eigenvalue weighted by Gasteiger charge is -2.35. The summed E-state index contributed by atoms with van der Waals surface area (Å²) >= 11 is 0. The topological polar surface area (TPSA) is 72.3 Å². The lowest BCUT2D eigenvalue weighted by Crippen LogP contribution is -2.50. The summed E-state index contributed by atoms with van der Waals surface area (Å²) in [6.45, 7) is 7.68. The minimum Gasteiger partial charge on any atom is -0.385 e. The van der Waals surface area contributed by atoms with E-state index >= 15 is 0 Å². The lowest BCUT2D eigenvalue weighted by atomic mass is 10.0. The largest absolute Gasteiger partial charge is 0.385 e. The van der Waals surface area contributed by atoms with Gasteiger partial charge in [-0.2, -0.15) is 0 Å². The van der Waals surface area contributed by atoms with Crippen molar-refractivity contribution in [1.82, 2.24) is 25.2 Å². The van der Waals surface area contributed by atoms with Crippen LogP contribution in [-0.2, 0) is 11.2 Å². The molecule has 1 aliphatic heterocycles. The second-order valence-electron chi connectivity index (χ2n) is 8.52. The molecule has 1 amide bonds. The molecule has 1 aromatic heterocycles. The number of hydrogen-bond donors (Lipinski definition) is 1. The standard InChI is InChI=1S/C23H35N5O2.ClH/c1-18(2)16-27(21-11-7-12-24-15-21)23(29)22-17-28(26-25-22)20-10-6-9-19(14-20)8-4-5-13-30-3;/h6,9-10,14,17-18,21,24H,4-5,7-8,11-13,15-16H2,1-3H3;1H/t21-;/m0./s1. The number of halogens is 1. The SMILES string of the molecule is COCCCCc1cccc(-n2cc(C(=O)N(CC(C)C)[C@H]3CCCNC3)nn2)c1.Cl. The minimum atomic E-state index is -0.0284. The van der Waals surface area contributed by atoms with Gasteiger partial charge in [-0.25, -0.2) is 4.68 Å². The van der Waals surface area contributed by atoms with Crippen molar-refractivity contribution in [3.63, 3.8) is 0 Å². The van der Waals surface area contributed by atoms with Gasteiger partial charge in [0.15, 0.2) is 5.69 Å². The zero-order valence-electron chi connectivity index (χ0n) is 18.9. The summed E-state index contributed by atoms with van der Waals surface area (Å²) in [6, 6.07) is 8.49. The molecule has 3 rings (SSSR count). The van der Waals surface area contributed by atoms with Gasteiger partial charge in [-0.15, -0.1) is 17.5 Å². The zero-order chi connectivity index (χ0) is 21.3. The van der Waals surface area contributed by atoms with E-state index < -0.39 is 0 Å². The quantitative estimate of drug-likeness (QED) is 0.562. The van der Waals surface area contributed by atoms with Gasteiger partial charge in [0, 0.05) is 32.8 Å². The summed E-state index contributed by atoms with van der Waals surface area (Å²) < 4.78 is 6.83. The van der Waals surface area contributed by atoms with Gasteiger partial charge >= 0.3 is 0 Å². The number of carbonyl (C=O) groups is 1. The van der Waals surface area contributed by atoms with Crippen LogP contribution in [0.5, 0.6) is 0 Å². The first-order valence-corrected chi connectivity index (χ1v) is 11.1. The lowest BCUT2D eigenvalue weighted by molar-refractivity contribution is 0.0614. The zero-order valence-corrected chi connectivity index (χ0v) is 19.7. The first-order chi connectivity index (χ1) is 14.6. The Bertz CT molecular complexity index is 805. The molecule has 1 aliphatic rings. The molecule has 1 fully saturated rings. The summed E-state index contributed by atoms with van der Waals surface area (Å²) in [5, 5.41) is 11.9. The monoisotopic (exact) mass is 449 g/mol. The van der Waals surface area contributed by atoms with Gasteiger partial charge in [0.25, 0.3) is 5.91 Å². The van der Waals surface area contributed by atoms with Crippen molar-refractivity contribution in [2.24, 2.45) is 5.92 Å². The molecule has 0 aliphatic carbocycles. The van der Waals surface area contributed by atoms with Gasteiger partial charge in [0.1, 0.15) is 0 Å². The third-order valence-electron chi connectivity index (χ3n) is 5.49. The number of nitrogens with zero attached hydrogens (tertiary/aromatic N) is 4. The summed E-state index contributed by atoms with van der Waals surface area (Å²) in [5.74, 6) is 0.375. The predicted octanol–water partition coefficient (Wildman–Crippen LogP) is 3.51. The first-order valence-electron chi connectivity index (χ1n) is 11.1. The van der Waals surface area contributed by atoms with E-state index in [2.05, 4.69) is 41.6 Å². The van der Waals surface area contributed by atoms with E-state index in [0.29, 0.717) is 11.6 Å². The number of unbranched alkanes of at least 4 members (excludes halogenated alkanes) is 1. The van der Waals surface area contributed by atoms with Gasteiger partial charge in [0.05, 0.1) is 11.9 Å². The highest BCUT2D eigenvalue weighted by Gasteiger charge is 2.28. The molecule has 8 heteroatoms. The molecular formula is C23H36ClN5O2. The third-order valence-corrected chi connectivity index (χ3v) is 5.49. The molecule has 0 unspecified atom stereocenters. The van der Waals surface area contributed by atoms with Crippen molar-refractivity contribution in [1.29, 1.82) is 0 Å². The Balaban J connectivity index is 0.00000341. The van der Waals surface area contributed by atoms with Crippen LogP contribution in [-0.4, -0.2) is 65.2 Å². The van der Waals surface area contributed by atoms with Crippen molar-refractivity contribution < 1.29 is 9.53 Å². The molecule has 0 radical (unpaired) electrons. The van der Waals surface area contributed by atoms with Gasteiger partial charge in [0.2, 0.25) is 0 Å². The highest BCUT2D eigenvalue weighted by Crippen LogP contribution is 2.17. The highest BCUT2D eigenvalue weighted by atomic mass is 35.5. The number of piperidine rings is 1. The normalized spacial score (nSPS) is 16.2. The molecule has 1 atom stereocenters. The summed E-state index contributed by atoms with van der Waals surface area (Å²) in [4.78, 5) is 15.2. The molecule has 1 aromatic carbocycles. The second-order valence-corrected chi connectivity index (χ2v) is 8.52. The van der Waals surface area contributed by atoms with E-state index in [1.807, 2.05) is 17.0 Å². The van der Waals surface area contributed by atoms with Crippen LogP contribution in [0.4, 0.5) is 0 Å². The van der Waals surface area contributed by atoms with Crippen molar-refractivity contribution in [3.05, 3.63) is 41.7 Å². The van der Waals surface area contributed by atoms with Crippen LogP contribution in [0.25, 0.3) is 5.69 Å².